The maximum Gasteiger partial charge on any atom is 0.306 e. The molecule has 1 aromatic rings. The average Bonchev–Trinajstić information content (AvgIpc) is 2.49. The summed E-state index contributed by atoms with van der Waals surface area (Å²) in [4.78, 5) is 22.1. The smallest absolute Gasteiger partial charge is 0.306 e. The van der Waals surface area contributed by atoms with Crippen molar-refractivity contribution in [3.63, 3.8) is 0 Å². The average molecular weight is 308 g/mol. The van der Waals surface area contributed by atoms with Gasteiger partial charge in [-0.2, -0.15) is 0 Å². The van der Waals surface area contributed by atoms with Crippen molar-refractivity contribution in [1.29, 1.82) is 0 Å². The second kappa shape index (κ2) is 9.20. The summed E-state index contributed by atoms with van der Waals surface area (Å²) in [6.45, 7) is 1.71. The standard InChI is InChI=1S/C17H24O5/c1-12(16(19)20)11-15(17(21)22)9-8-14-6-4-13(5-7-14)3-2-10-18/h4-7,12,15,18H,2-3,8-11H2,1H3,(H,19,20)(H,21,22)/t12?,15-/m0/s1. The maximum atomic E-state index is 11.2. The van der Waals surface area contributed by atoms with Gasteiger partial charge in [-0.1, -0.05) is 31.2 Å². The number of carboxylic acid groups (broad SMARTS) is 2. The molecule has 0 aliphatic heterocycles. The van der Waals surface area contributed by atoms with Crippen molar-refractivity contribution < 1.29 is 24.9 Å². The molecule has 2 atom stereocenters. The van der Waals surface area contributed by atoms with E-state index >= 15 is 0 Å². The molecule has 0 aromatic heterocycles. The Hall–Kier alpha value is -1.88. The lowest BCUT2D eigenvalue weighted by Gasteiger charge is -2.15. The van der Waals surface area contributed by atoms with Crippen LogP contribution in [0.25, 0.3) is 0 Å². The Kier molecular flexibility index (Phi) is 7.60. The number of aliphatic hydroxyl groups excluding tert-OH is 1. The minimum absolute atomic E-state index is 0.152. The van der Waals surface area contributed by atoms with Crippen molar-refractivity contribution in [2.24, 2.45) is 11.8 Å². The van der Waals surface area contributed by atoms with Crippen LogP contribution in [0.5, 0.6) is 0 Å². The molecule has 0 saturated heterocycles. The molecule has 1 unspecified atom stereocenters. The maximum absolute atomic E-state index is 11.2. The van der Waals surface area contributed by atoms with Gasteiger partial charge in [-0.15, -0.1) is 0 Å². The van der Waals surface area contributed by atoms with Gasteiger partial charge in [0.1, 0.15) is 0 Å². The number of benzene rings is 1. The molecule has 1 aromatic carbocycles. The van der Waals surface area contributed by atoms with Crippen molar-refractivity contribution in [3.8, 4) is 0 Å². The Morgan fingerprint density at radius 2 is 1.55 bits per heavy atom. The second-order valence-electron chi connectivity index (χ2n) is 5.69. The van der Waals surface area contributed by atoms with Crippen molar-refractivity contribution in [2.75, 3.05) is 6.61 Å². The van der Waals surface area contributed by atoms with Crippen molar-refractivity contribution in [3.05, 3.63) is 35.4 Å². The van der Waals surface area contributed by atoms with Gasteiger partial charge in [-0.25, -0.2) is 0 Å². The first-order valence-electron chi connectivity index (χ1n) is 7.58. The number of carboxylic acids is 2. The van der Waals surface area contributed by atoms with E-state index in [1.165, 1.54) is 6.92 Å². The highest BCUT2D eigenvalue weighted by molar-refractivity contribution is 5.73. The predicted octanol–water partition coefficient (Wildman–Crippen LogP) is 2.36. The fourth-order valence-corrected chi connectivity index (χ4v) is 2.37. The number of hydrogen-bond donors (Lipinski definition) is 3. The lowest BCUT2D eigenvalue weighted by Crippen LogP contribution is -2.21. The summed E-state index contributed by atoms with van der Waals surface area (Å²) in [6.07, 6.45) is 2.75. The zero-order valence-corrected chi connectivity index (χ0v) is 12.9. The number of rotatable bonds is 10. The summed E-state index contributed by atoms with van der Waals surface area (Å²) in [5.41, 5.74) is 2.19. The van der Waals surface area contributed by atoms with Gasteiger partial charge in [0.25, 0.3) is 0 Å². The summed E-state index contributed by atoms with van der Waals surface area (Å²) >= 11 is 0. The largest absolute Gasteiger partial charge is 0.481 e. The predicted molar refractivity (Wildman–Crippen MR) is 82.7 cm³/mol. The third-order valence-corrected chi connectivity index (χ3v) is 3.84. The molecule has 0 saturated carbocycles. The van der Waals surface area contributed by atoms with Gasteiger partial charge in [-0.05, 0) is 43.2 Å². The van der Waals surface area contributed by atoms with Gasteiger partial charge in [0.05, 0.1) is 11.8 Å². The Balaban J connectivity index is 2.54. The van der Waals surface area contributed by atoms with E-state index in [2.05, 4.69) is 0 Å². The van der Waals surface area contributed by atoms with Crippen LogP contribution in [0, 0.1) is 11.8 Å². The molecule has 0 radical (unpaired) electrons. The summed E-state index contributed by atoms with van der Waals surface area (Å²) in [7, 11) is 0. The second-order valence-corrected chi connectivity index (χ2v) is 5.69. The Bertz CT molecular complexity index is 480. The van der Waals surface area contributed by atoms with E-state index in [4.69, 9.17) is 10.2 Å². The molecule has 0 aliphatic rings. The molecule has 22 heavy (non-hydrogen) atoms. The van der Waals surface area contributed by atoms with E-state index in [1.807, 2.05) is 24.3 Å². The topological polar surface area (TPSA) is 94.8 Å². The number of carbonyl (C=O) groups is 2. The monoisotopic (exact) mass is 308 g/mol. The fraction of sp³-hybridized carbons (Fsp3) is 0.529. The van der Waals surface area contributed by atoms with E-state index < -0.39 is 23.8 Å². The summed E-state index contributed by atoms with van der Waals surface area (Å²) < 4.78 is 0. The first-order chi connectivity index (χ1) is 10.4. The third kappa shape index (κ3) is 6.26. The van der Waals surface area contributed by atoms with Gasteiger partial charge in [-0.3, -0.25) is 9.59 Å². The van der Waals surface area contributed by atoms with Gasteiger partial charge in [0.2, 0.25) is 0 Å². The highest BCUT2D eigenvalue weighted by Crippen LogP contribution is 2.19. The van der Waals surface area contributed by atoms with E-state index in [1.54, 1.807) is 0 Å². The molecule has 0 amide bonds. The number of aliphatic carboxylic acids is 2. The zero-order valence-electron chi connectivity index (χ0n) is 12.9. The van der Waals surface area contributed by atoms with Gasteiger partial charge < -0.3 is 15.3 Å². The molecule has 0 heterocycles. The molecule has 0 bridgehead atoms. The molecule has 5 nitrogen and oxygen atoms in total. The van der Waals surface area contributed by atoms with Crippen LogP contribution in [0.3, 0.4) is 0 Å². The van der Waals surface area contributed by atoms with Crippen LogP contribution in [-0.4, -0.2) is 33.9 Å². The molecular formula is C17H24O5. The number of aryl methyl sites for hydroxylation is 2. The highest BCUT2D eigenvalue weighted by atomic mass is 16.4. The van der Waals surface area contributed by atoms with Crippen molar-refractivity contribution >= 4 is 11.9 Å². The molecule has 1 rings (SSSR count). The Morgan fingerprint density at radius 3 is 2.00 bits per heavy atom. The normalized spacial score (nSPS) is 13.5. The van der Waals surface area contributed by atoms with Crippen LogP contribution in [0.15, 0.2) is 24.3 Å². The molecule has 122 valence electrons. The Morgan fingerprint density at radius 1 is 1.00 bits per heavy atom. The van der Waals surface area contributed by atoms with Crippen molar-refractivity contribution in [2.45, 2.75) is 39.0 Å². The lowest BCUT2D eigenvalue weighted by atomic mass is 9.90. The van der Waals surface area contributed by atoms with Crippen molar-refractivity contribution in [1.82, 2.24) is 0 Å². The van der Waals surface area contributed by atoms with Gasteiger partial charge in [0.15, 0.2) is 0 Å². The summed E-state index contributed by atoms with van der Waals surface area (Å²) in [6, 6.07) is 7.90. The molecule has 5 heteroatoms. The van der Waals surface area contributed by atoms with Crippen LogP contribution in [0.2, 0.25) is 0 Å². The van der Waals surface area contributed by atoms with E-state index in [0.717, 1.165) is 24.0 Å². The van der Waals surface area contributed by atoms with E-state index in [-0.39, 0.29) is 13.0 Å². The molecule has 0 aliphatic carbocycles. The summed E-state index contributed by atoms with van der Waals surface area (Å²) in [5.74, 6) is -3.19. The molecular weight excluding hydrogens is 284 g/mol. The minimum Gasteiger partial charge on any atom is -0.481 e. The van der Waals surface area contributed by atoms with Crippen LogP contribution < -0.4 is 0 Å². The third-order valence-electron chi connectivity index (χ3n) is 3.84. The summed E-state index contributed by atoms with van der Waals surface area (Å²) in [5, 5.41) is 26.9. The number of hydrogen-bond acceptors (Lipinski definition) is 3. The zero-order chi connectivity index (χ0) is 16.5. The Labute approximate surface area is 130 Å². The first-order valence-corrected chi connectivity index (χ1v) is 7.58. The number of aliphatic hydroxyl groups is 1. The molecule has 3 N–H and O–H groups in total. The van der Waals surface area contributed by atoms with Gasteiger partial charge in [0, 0.05) is 6.61 Å². The van der Waals surface area contributed by atoms with E-state index in [0.29, 0.717) is 12.8 Å². The van der Waals surface area contributed by atoms with Crippen LogP contribution in [0.4, 0.5) is 0 Å². The molecule has 0 spiro atoms. The molecule has 0 fully saturated rings. The van der Waals surface area contributed by atoms with Crippen LogP contribution in [0.1, 0.15) is 37.3 Å². The first kappa shape index (κ1) is 18.2. The van der Waals surface area contributed by atoms with Crippen LogP contribution in [-0.2, 0) is 22.4 Å². The minimum atomic E-state index is -0.959. The van der Waals surface area contributed by atoms with Crippen LogP contribution >= 0.6 is 0 Å². The van der Waals surface area contributed by atoms with E-state index in [9.17, 15) is 14.7 Å². The fourth-order valence-electron chi connectivity index (χ4n) is 2.37. The SMILES string of the molecule is CC(C[C@H](CCc1ccc(CCCO)cc1)C(=O)O)C(=O)O. The quantitative estimate of drug-likeness (QED) is 0.617. The lowest BCUT2D eigenvalue weighted by molar-refractivity contribution is -0.145. The highest BCUT2D eigenvalue weighted by Gasteiger charge is 2.23. The van der Waals surface area contributed by atoms with Gasteiger partial charge >= 0.3 is 11.9 Å².